The molecule has 4 heterocycles. The first-order chi connectivity index (χ1) is 21.3. The molecule has 0 spiro atoms. The molecule has 5 nitrogen and oxygen atoms in total. The summed E-state index contributed by atoms with van der Waals surface area (Å²) in [6.45, 7) is 0. The van der Waals surface area contributed by atoms with Crippen molar-refractivity contribution in [3.63, 3.8) is 0 Å². The SMILES string of the molecule is c1ccc(-n2c3ccccc3c3cc4c5ccccc5n(-c5cnc(-c6ccc(-c7ncccn7)cc6)s5)c4cc32)cc1. The van der Waals surface area contributed by atoms with Crippen molar-refractivity contribution in [2.24, 2.45) is 0 Å². The second-order valence-corrected chi connectivity index (χ2v) is 11.6. The molecule has 9 rings (SSSR count). The van der Waals surface area contributed by atoms with E-state index in [1.807, 2.05) is 12.3 Å². The fourth-order valence-corrected chi connectivity index (χ4v) is 7.19. The molecule has 0 aliphatic rings. The quantitative estimate of drug-likeness (QED) is 0.212. The van der Waals surface area contributed by atoms with E-state index in [0.29, 0.717) is 0 Å². The van der Waals surface area contributed by atoms with Crippen LogP contribution in [0, 0.1) is 0 Å². The van der Waals surface area contributed by atoms with Crippen LogP contribution in [-0.4, -0.2) is 24.1 Å². The first-order valence-electron chi connectivity index (χ1n) is 14.2. The van der Waals surface area contributed by atoms with Crippen molar-refractivity contribution in [2.45, 2.75) is 0 Å². The Kier molecular flexibility index (Phi) is 5.30. The van der Waals surface area contributed by atoms with Gasteiger partial charge < -0.3 is 4.57 Å². The van der Waals surface area contributed by atoms with E-state index in [1.165, 1.54) is 43.6 Å². The minimum absolute atomic E-state index is 0.721. The van der Waals surface area contributed by atoms with Gasteiger partial charge in [-0.15, -0.1) is 0 Å². The Morgan fingerprint density at radius 3 is 1.79 bits per heavy atom. The van der Waals surface area contributed by atoms with Crippen molar-refractivity contribution >= 4 is 54.9 Å². The van der Waals surface area contributed by atoms with Gasteiger partial charge in [-0.2, -0.15) is 0 Å². The summed E-state index contributed by atoms with van der Waals surface area (Å²) in [5.74, 6) is 0.721. The number of rotatable bonds is 4. The van der Waals surface area contributed by atoms with Gasteiger partial charge in [0, 0.05) is 50.8 Å². The average molecular weight is 570 g/mol. The van der Waals surface area contributed by atoms with Gasteiger partial charge in [0.1, 0.15) is 10.0 Å². The Hall–Kier alpha value is -5.59. The monoisotopic (exact) mass is 569 g/mol. The highest BCUT2D eigenvalue weighted by Gasteiger charge is 2.19. The van der Waals surface area contributed by atoms with E-state index in [2.05, 4.69) is 134 Å². The Balaban J connectivity index is 1.26. The highest BCUT2D eigenvalue weighted by atomic mass is 32.1. The third-order valence-electron chi connectivity index (χ3n) is 8.15. The second kappa shape index (κ2) is 9.48. The fraction of sp³-hybridized carbons (Fsp3) is 0. The summed E-state index contributed by atoms with van der Waals surface area (Å²) in [6.07, 6.45) is 5.53. The molecular formula is C37H23N5S. The average Bonchev–Trinajstić information content (AvgIpc) is 3.77. The first-order valence-corrected chi connectivity index (χ1v) is 15.0. The normalized spacial score (nSPS) is 11.7. The predicted octanol–water partition coefficient (Wildman–Crippen LogP) is 9.46. The fourth-order valence-electron chi connectivity index (χ4n) is 6.24. The van der Waals surface area contributed by atoms with Crippen molar-refractivity contribution in [3.05, 3.63) is 140 Å². The molecule has 5 aromatic carbocycles. The molecule has 0 saturated carbocycles. The van der Waals surface area contributed by atoms with E-state index in [4.69, 9.17) is 4.98 Å². The Morgan fingerprint density at radius 1 is 0.465 bits per heavy atom. The molecule has 0 aliphatic carbocycles. The van der Waals surface area contributed by atoms with Gasteiger partial charge >= 0.3 is 0 Å². The van der Waals surface area contributed by atoms with Gasteiger partial charge in [-0.05, 0) is 42.5 Å². The van der Waals surface area contributed by atoms with Crippen LogP contribution in [0.5, 0.6) is 0 Å². The maximum Gasteiger partial charge on any atom is 0.159 e. The van der Waals surface area contributed by atoms with Crippen LogP contribution in [0.15, 0.2) is 140 Å². The van der Waals surface area contributed by atoms with Gasteiger partial charge in [0.15, 0.2) is 5.82 Å². The predicted molar refractivity (Wildman–Crippen MR) is 177 cm³/mol. The standard InChI is InChI=1S/C37H23N5S/c1-2-9-26(10-3-1)41-31-13-6-4-11-27(31)29-21-30-28-12-5-7-14-32(28)42(34(30)22-33(29)41)35-23-40-37(43-35)25-17-15-24(16-18-25)36-38-19-8-20-39-36/h1-23H. The van der Waals surface area contributed by atoms with E-state index in [-0.39, 0.29) is 0 Å². The molecule has 202 valence electrons. The van der Waals surface area contributed by atoms with Gasteiger partial charge in [-0.25, -0.2) is 15.0 Å². The van der Waals surface area contributed by atoms with E-state index in [1.54, 1.807) is 23.7 Å². The largest absolute Gasteiger partial charge is 0.309 e. The van der Waals surface area contributed by atoms with Crippen LogP contribution >= 0.6 is 11.3 Å². The van der Waals surface area contributed by atoms with E-state index in [0.717, 1.165) is 32.6 Å². The zero-order chi connectivity index (χ0) is 28.3. The number of hydrogen-bond donors (Lipinski definition) is 0. The topological polar surface area (TPSA) is 48.5 Å². The maximum atomic E-state index is 4.88. The number of hydrogen-bond acceptors (Lipinski definition) is 4. The molecular weight excluding hydrogens is 547 g/mol. The lowest BCUT2D eigenvalue weighted by molar-refractivity contribution is 1.17. The van der Waals surface area contributed by atoms with Crippen molar-refractivity contribution in [3.8, 4) is 32.6 Å². The summed E-state index contributed by atoms with van der Waals surface area (Å²) < 4.78 is 4.74. The van der Waals surface area contributed by atoms with Crippen LogP contribution in [0.25, 0.3) is 76.3 Å². The van der Waals surface area contributed by atoms with Gasteiger partial charge in [-0.3, -0.25) is 4.57 Å². The summed E-state index contributed by atoms with van der Waals surface area (Å²) in [6, 6.07) is 42.9. The van der Waals surface area contributed by atoms with Crippen LogP contribution in [-0.2, 0) is 0 Å². The second-order valence-electron chi connectivity index (χ2n) is 10.6. The molecule has 0 fully saturated rings. The molecule has 9 aromatic rings. The molecule has 0 N–H and O–H groups in total. The van der Waals surface area contributed by atoms with Gasteiger partial charge in [0.05, 0.1) is 28.3 Å². The summed E-state index contributed by atoms with van der Waals surface area (Å²) in [7, 11) is 0. The number of thiazole rings is 1. The van der Waals surface area contributed by atoms with Gasteiger partial charge in [0.2, 0.25) is 0 Å². The lowest BCUT2D eigenvalue weighted by atomic mass is 10.1. The lowest BCUT2D eigenvalue weighted by Gasteiger charge is -2.08. The molecule has 6 heteroatoms. The highest BCUT2D eigenvalue weighted by molar-refractivity contribution is 7.17. The Labute approximate surface area is 251 Å². The molecule has 0 bridgehead atoms. The van der Waals surface area contributed by atoms with Gasteiger partial charge in [0.25, 0.3) is 0 Å². The highest BCUT2D eigenvalue weighted by Crippen LogP contribution is 2.41. The zero-order valence-corrected chi connectivity index (χ0v) is 23.7. The first kappa shape index (κ1) is 24.1. The third kappa shape index (κ3) is 3.74. The number of nitrogens with zero attached hydrogens (tertiary/aromatic N) is 5. The summed E-state index contributed by atoms with van der Waals surface area (Å²) in [4.78, 5) is 13.6. The molecule has 43 heavy (non-hydrogen) atoms. The lowest BCUT2D eigenvalue weighted by Crippen LogP contribution is -1.94. The maximum absolute atomic E-state index is 4.88. The van der Waals surface area contributed by atoms with Crippen LogP contribution in [0.4, 0.5) is 0 Å². The molecule has 0 aliphatic heterocycles. The number of para-hydroxylation sites is 3. The molecule has 4 aromatic heterocycles. The molecule has 0 saturated heterocycles. The van der Waals surface area contributed by atoms with Crippen LogP contribution in [0.1, 0.15) is 0 Å². The zero-order valence-electron chi connectivity index (χ0n) is 22.9. The van der Waals surface area contributed by atoms with Crippen molar-refractivity contribution in [1.82, 2.24) is 24.1 Å². The minimum Gasteiger partial charge on any atom is -0.309 e. The summed E-state index contributed by atoms with van der Waals surface area (Å²) in [5, 5.41) is 7.03. The van der Waals surface area contributed by atoms with Crippen LogP contribution < -0.4 is 0 Å². The van der Waals surface area contributed by atoms with E-state index in [9.17, 15) is 0 Å². The molecule has 0 unspecified atom stereocenters. The molecule has 0 amide bonds. The van der Waals surface area contributed by atoms with Crippen molar-refractivity contribution in [2.75, 3.05) is 0 Å². The molecule has 0 atom stereocenters. The van der Waals surface area contributed by atoms with Crippen LogP contribution in [0.2, 0.25) is 0 Å². The van der Waals surface area contributed by atoms with E-state index >= 15 is 0 Å². The van der Waals surface area contributed by atoms with E-state index < -0.39 is 0 Å². The van der Waals surface area contributed by atoms with Crippen LogP contribution in [0.3, 0.4) is 0 Å². The summed E-state index contributed by atoms with van der Waals surface area (Å²) in [5.41, 5.74) is 7.95. The number of fused-ring (bicyclic) bond motifs is 6. The van der Waals surface area contributed by atoms with Gasteiger partial charge in [-0.1, -0.05) is 90.2 Å². The van der Waals surface area contributed by atoms with Crippen molar-refractivity contribution < 1.29 is 0 Å². The molecule has 0 radical (unpaired) electrons. The summed E-state index contributed by atoms with van der Waals surface area (Å²) >= 11 is 1.70. The smallest absolute Gasteiger partial charge is 0.159 e. The van der Waals surface area contributed by atoms with Crippen molar-refractivity contribution in [1.29, 1.82) is 0 Å². The Bertz CT molecular complexity index is 2440. The number of benzene rings is 5. The third-order valence-corrected chi connectivity index (χ3v) is 9.18. The Morgan fingerprint density at radius 2 is 1.07 bits per heavy atom. The minimum atomic E-state index is 0.721. The number of aromatic nitrogens is 5.